The summed E-state index contributed by atoms with van der Waals surface area (Å²) in [5, 5.41) is 9.05. The molecule has 0 spiro atoms. The maximum atomic E-state index is 12.8. The van der Waals surface area contributed by atoms with Crippen molar-refractivity contribution in [3.63, 3.8) is 0 Å². The number of carbonyl (C=O) groups is 1. The van der Waals surface area contributed by atoms with Gasteiger partial charge < -0.3 is 13.9 Å². The first-order valence-corrected chi connectivity index (χ1v) is 11.7. The van der Waals surface area contributed by atoms with Gasteiger partial charge in [0, 0.05) is 19.1 Å². The van der Waals surface area contributed by atoms with E-state index < -0.39 is 9.84 Å². The maximum Gasteiger partial charge on any atom is 0.233 e. The van der Waals surface area contributed by atoms with Gasteiger partial charge in [0.1, 0.15) is 5.76 Å². The first kappa shape index (κ1) is 18.5. The van der Waals surface area contributed by atoms with Gasteiger partial charge in [-0.3, -0.25) is 4.79 Å². The predicted octanol–water partition coefficient (Wildman–Crippen LogP) is 1.65. The average molecular weight is 411 g/mol. The molecule has 1 amide bonds. The van der Waals surface area contributed by atoms with Gasteiger partial charge in [0.05, 0.1) is 29.1 Å². The van der Waals surface area contributed by atoms with E-state index in [1.807, 2.05) is 29.5 Å². The van der Waals surface area contributed by atoms with Gasteiger partial charge in [-0.05, 0) is 32.3 Å². The van der Waals surface area contributed by atoms with Crippen LogP contribution >= 0.6 is 11.8 Å². The predicted molar refractivity (Wildman–Crippen MR) is 101 cm³/mol. The van der Waals surface area contributed by atoms with Crippen LogP contribution in [0.5, 0.6) is 0 Å². The van der Waals surface area contributed by atoms with Crippen LogP contribution in [-0.2, 0) is 21.7 Å². The third-order valence-electron chi connectivity index (χ3n) is 5.09. The fourth-order valence-corrected chi connectivity index (χ4v) is 6.04. The molecule has 10 heteroatoms. The second-order valence-corrected chi connectivity index (χ2v) is 10.3. The number of furan rings is 1. The highest BCUT2D eigenvalue weighted by Gasteiger charge is 2.42. The van der Waals surface area contributed by atoms with Crippen molar-refractivity contribution >= 4 is 27.5 Å². The Morgan fingerprint density at radius 1 is 1.33 bits per heavy atom. The summed E-state index contributed by atoms with van der Waals surface area (Å²) in [5.41, 5.74) is 0.874. The Bertz CT molecular complexity index is 961. The SMILES string of the molecule is Cc1occc1-c1nnc(SCC(=O)N(C2CC2)[C@@H]2CCS(=O)(=O)C2)n1C. The van der Waals surface area contributed by atoms with Gasteiger partial charge >= 0.3 is 0 Å². The van der Waals surface area contributed by atoms with Crippen LogP contribution < -0.4 is 0 Å². The van der Waals surface area contributed by atoms with Crippen molar-refractivity contribution in [2.45, 2.75) is 43.4 Å². The first-order valence-electron chi connectivity index (χ1n) is 8.94. The Kier molecular flexibility index (Phi) is 4.79. The Labute approximate surface area is 162 Å². The summed E-state index contributed by atoms with van der Waals surface area (Å²) in [7, 11) is -1.16. The zero-order valence-electron chi connectivity index (χ0n) is 15.3. The van der Waals surface area contributed by atoms with Crippen LogP contribution in [0.25, 0.3) is 11.4 Å². The van der Waals surface area contributed by atoms with Crippen LogP contribution in [0.2, 0.25) is 0 Å². The van der Waals surface area contributed by atoms with Crippen LogP contribution in [0.1, 0.15) is 25.0 Å². The van der Waals surface area contributed by atoms with Crippen LogP contribution in [0.15, 0.2) is 21.9 Å². The average Bonchev–Trinajstić information content (AvgIpc) is 3.10. The van der Waals surface area contributed by atoms with E-state index in [0.29, 0.717) is 17.4 Å². The summed E-state index contributed by atoms with van der Waals surface area (Å²) >= 11 is 1.33. The molecular weight excluding hydrogens is 388 g/mol. The molecular formula is C17H22N4O4S2. The number of nitrogens with zero attached hydrogens (tertiary/aromatic N) is 4. The molecule has 146 valence electrons. The second kappa shape index (κ2) is 6.97. The lowest BCUT2D eigenvalue weighted by Crippen LogP contribution is -2.43. The number of rotatable bonds is 6. The summed E-state index contributed by atoms with van der Waals surface area (Å²) in [5.74, 6) is 1.93. The van der Waals surface area contributed by atoms with Crippen molar-refractivity contribution in [1.29, 1.82) is 0 Å². The highest BCUT2D eigenvalue weighted by Crippen LogP contribution is 2.33. The van der Waals surface area contributed by atoms with Crippen molar-refractivity contribution in [3.8, 4) is 11.4 Å². The molecule has 1 saturated heterocycles. The summed E-state index contributed by atoms with van der Waals surface area (Å²) in [4.78, 5) is 14.6. The smallest absolute Gasteiger partial charge is 0.233 e. The van der Waals surface area contributed by atoms with Crippen LogP contribution in [0.4, 0.5) is 0 Å². The number of aryl methyl sites for hydroxylation is 1. The molecule has 0 N–H and O–H groups in total. The zero-order chi connectivity index (χ0) is 19.2. The van der Waals surface area contributed by atoms with E-state index in [2.05, 4.69) is 10.2 Å². The van der Waals surface area contributed by atoms with Gasteiger partial charge in [-0.1, -0.05) is 11.8 Å². The molecule has 2 aliphatic rings. The maximum absolute atomic E-state index is 12.8. The molecule has 2 aromatic heterocycles. The quantitative estimate of drug-likeness (QED) is 0.668. The van der Waals surface area contributed by atoms with Crippen molar-refractivity contribution in [3.05, 3.63) is 18.1 Å². The van der Waals surface area contributed by atoms with E-state index in [0.717, 1.165) is 24.2 Å². The van der Waals surface area contributed by atoms with E-state index in [1.165, 1.54) is 11.8 Å². The van der Waals surface area contributed by atoms with Gasteiger partial charge in [-0.2, -0.15) is 0 Å². The van der Waals surface area contributed by atoms with E-state index in [-0.39, 0.29) is 35.2 Å². The minimum atomic E-state index is -3.02. The molecule has 27 heavy (non-hydrogen) atoms. The minimum Gasteiger partial charge on any atom is -0.469 e. The number of sulfone groups is 1. The Balaban J connectivity index is 1.44. The van der Waals surface area contributed by atoms with E-state index in [4.69, 9.17) is 4.42 Å². The molecule has 2 aromatic rings. The number of carbonyl (C=O) groups excluding carboxylic acids is 1. The third kappa shape index (κ3) is 3.77. The van der Waals surface area contributed by atoms with Gasteiger partial charge in [0.2, 0.25) is 5.91 Å². The zero-order valence-corrected chi connectivity index (χ0v) is 16.9. The molecule has 4 rings (SSSR count). The molecule has 0 bridgehead atoms. The largest absolute Gasteiger partial charge is 0.469 e. The molecule has 0 aromatic carbocycles. The van der Waals surface area contributed by atoms with Gasteiger partial charge in [-0.15, -0.1) is 10.2 Å². The van der Waals surface area contributed by atoms with Crippen LogP contribution in [0.3, 0.4) is 0 Å². The number of thioether (sulfide) groups is 1. The number of amides is 1. The molecule has 1 atom stereocenters. The number of hydrogen-bond donors (Lipinski definition) is 0. The lowest BCUT2D eigenvalue weighted by Gasteiger charge is -2.28. The van der Waals surface area contributed by atoms with Crippen molar-refractivity contribution in [2.24, 2.45) is 7.05 Å². The topological polar surface area (TPSA) is 98.3 Å². The fraction of sp³-hybridized carbons (Fsp3) is 0.588. The minimum absolute atomic E-state index is 0.0198. The second-order valence-electron chi connectivity index (χ2n) is 7.13. The Morgan fingerprint density at radius 3 is 2.70 bits per heavy atom. The molecule has 0 unspecified atom stereocenters. The lowest BCUT2D eigenvalue weighted by atomic mass is 10.2. The van der Waals surface area contributed by atoms with E-state index in [9.17, 15) is 13.2 Å². The van der Waals surface area contributed by atoms with Crippen LogP contribution in [0, 0.1) is 6.92 Å². The summed E-state index contributed by atoms with van der Waals surface area (Å²) in [6.07, 6.45) is 4.07. The highest BCUT2D eigenvalue weighted by molar-refractivity contribution is 7.99. The van der Waals surface area contributed by atoms with Crippen molar-refractivity contribution in [1.82, 2.24) is 19.7 Å². The molecule has 1 aliphatic carbocycles. The fourth-order valence-electron chi connectivity index (χ4n) is 3.55. The molecule has 0 radical (unpaired) electrons. The first-order chi connectivity index (χ1) is 12.9. The highest BCUT2D eigenvalue weighted by atomic mass is 32.2. The van der Waals surface area contributed by atoms with Gasteiger partial charge in [0.15, 0.2) is 20.8 Å². The monoisotopic (exact) mass is 410 g/mol. The lowest BCUT2D eigenvalue weighted by molar-refractivity contribution is -0.130. The number of aromatic nitrogens is 3. The van der Waals surface area contributed by atoms with E-state index >= 15 is 0 Å². The van der Waals surface area contributed by atoms with Crippen molar-refractivity contribution in [2.75, 3.05) is 17.3 Å². The molecule has 3 heterocycles. The normalized spacial score (nSPS) is 21.5. The van der Waals surface area contributed by atoms with Gasteiger partial charge in [-0.25, -0.2) is 8.42 Å². The Hall–Kier alpha value is -1.81. The molecule has 1 aliphatic heterocycles. The summed E-state index contributed by atoms with van der Waals surface area (Å²) in [6.45, 7) is 1.86. The molecule has 8 nitrogen and oxygen atoms in total. The van der Waals surface area contributed by atoms with Crippen molar-refractivity contribution < 1.29 is 17.6 Å². The Morgan fingerprint density at radius 2 is 2.11 bits per heavy atom. The van der Waals surface area contributed by atoms with Crippen LogP contribution in [-0.4, -0.2) is 63.3 Å². The molecule has 1 saturated carbocycles. The third-order valence-corrected chi connectivity index (χ3v) is 7.84. The van der Waals surface area contributed by atoms with E-state index in [1.54, 1.807) is 6.26 Å². The summed E-state index contributed by atoms with van der Waals surface area (Å²) < 4.78 is 30.8. The standard InChI is InChI=1S/C17H22N4O4S2/c1-11-14(5-7-25-11)16-18-19-17(20(16)2)26-9-15(22)21(12-3-4-12)13-6-8-27(23,24)10-13/h5,7,12-13H,3-4,6,8-10H2,1-2H3/t13-/m1/s1. The molecule has 2 fully saturated rings. The van der Waals surface area contributed by atoms with Gasteiger partial charge in [0.25, 0.3) is 0 Å². The summed E-state index contributed by atoms with van der Waals surface area (Å²) in [6, 6.07) is 1.85. The number of hydrogen-bond acceptors (Lipinski definition) is 7.